The smallest absolute Gasteiger partial charge is 0.242 e. The van der Waals surface area contributed by atoms with E-state index in [9.17, 15) is 14.0 Å². The van der Waals surface area contributed by atoms with Crippen LogP contribution < -0.4 is 10.1 Å². The summed E-state index contributed by atoms with van der Waals surface area (Å²) in [4.78, 5) is 27.2. The first-order chi connectivity index (χ1) is 15.0. The maximum atomic E-state index is 13.8. The molecular formula is C24H31FN2O3S. The molecule has 168 valence electrons. The van der Waals surface area contributed by atoms with Crippen LogP contribution in [-0.4, -0.2) is 42.2 Å². The number of amides is 2. The van der Waals surface area contributed by atoms with Gasteiger partial charge in [0.15, 0.2) is 0 Å². The first kappa shape index (κ1) is 24.7. The Bertz CT molecular complexity index is 845. The van der Waals surface area contributed by atoms with Crippen molar-refractivity contribution in [2.75, 3.05) is 19.4 Å². The molecule has 0 aromatic heterocycles. The van der Waals surface area contributed by atoms with Crippen LogP contribution in [0.25, 0.3) is 0 Å². The lowest BCUT2D eigenvalue weighted by Gasteiger charge is -2.29. The number of rotatable bonds is 12. The van der Waals surface area contributed by atoms with Crippen molar-refractivity contribution in [3.8, 4) is 5.75 Å². The Labute approximate surface area is 188 Å². The monoisotopic (exact) mass is 446 g/mol. The molecule has 0 aliphatic heterocycles. The van der Waals surface area contributed by atoms with Gasteiger partial charge < -0.3 is 15.0 Å². The maximum Gasteiger partial charge on any atom is 0.242 e. The van der Waals surface area contributed by atoms with E-state index in [2.05, 4.69) is 12.2 Å². The van der Waals surface area contributed by atoms with Gasteiger partial charge in [0.25, 0.3) is 0 Å². The number of methoxy groups -OCH3 is 1. The molecule has 1 N–H and O–H groups in total. The van der Waals surface area contributed by atoms with Crippen molar-refractivity contribution in [3.05, 3.63) is 65.5 Å². The summed E-state index contributed by atoms with van der Waals surface area (Å²) in [5.74, 6) is 0.682. The Morgan fingerprint density at radius 1 is 1.16 bits per heavy atom. The van der Waals surface area contributed by atoms with Gasteiger partial charge >= 0.3 is 0 Å². The van der Waals surface area contributed by atoms with Gasteiger partial charge in [0.1, 0.15) is 17.6 Å². The van der Waals surface area contributed by atoms with Gasteiger partial charge in [0.2, 0.25) is 11.8 Å². The van der Waals surface area contributed by atoms with E-state index in [0.29, 0.717) is 24.4 Å². The lowest BCUT2D eigenvalue weighted by molar-refractivity contribution is -0.138. The molecule has 0 radical (unpaired) electrons. The molecule has 0 saturated carbocycles. The number of carbonyl (C=O) groups is 2. The molecule has 0 saturated heterocycles. The van der Waals surface area contributed by atoms with Crippen molar-refractivity contribution in [3.63, 3.8) is 0 Å². The standard InChI is InChI=1S/C24H31FN2O3S/c1-4-5-14-26-24(29)18(2)27(15-19-10-12-21(30-3)13-11-19)23(28)17-31-16-20-8-6-7-9-22(20)25/h6-13,18H,4-5,14-17H2,1-3H3,(H,26,29)/t18-/m1/s1. The predicted molar refractivity (Wildman–Crippen MR) is 123 cm³/mol. The number of halogens is 1. The molecule has 2 aromatic rings. The number of nitrogens with one attached hydrogen (secondary N) is 1. The molecule has 1 atom stereocenters. The first-order valence-electron chi connectivity index (χ1n) is 10.5. The Morgan fingerprint density at radius 3 is 2.52 bits per heavy atom. The highest BCUT2D eigenvalue weighted by atomic mass is 32.2. The van der Waals surface area contributed by atoms with Crippen LogP contribution in [0.1, 0.15) is 37.8 Å². The van der Waals surface area contributed by atoms with Gasteiger partial charge in [0, 0.05) is 18.8 Å². The van der Waals surface area contributed by atoms with Crippen LogP contribution in [0.2, 0.25) is 0 Å². The minimum atomic E-state index is -0.611. The fraction of sp³-hybridized carbons (Fsp3) is 0.417. The number of thioether (sulfide) groups is 1. The van der Waals surface area contributed by atoms with Gasteiger partial charge in [-0.3, -0.25) is 9.59 Å². The van der Waals surface area contributed by atoms with Crippen molar-refractivity contribution in [2.24, 2.45) is 0 Å². The summed E-state index contributed by atoms with van der Waals surface area (Å²) in [6, 6.07) is 13.4. The SMILES string of the molecule is CCCCNC(=O)[C@@H](C)N(Cc1ccc(OC)cc1)C(=O)CSCc1ccccc1F. The molecule has 0 fully saturated rings. The Hall–Kier alpha value is -2.54. The summed E-state index contributed by atoms with van der Waals surface area (Å²) in [5, 5.41) is 2.90. The molecule has 5 nitrogen and oxygen atoms in total. The number of unbranched alkanes of at least 4 members (excludes halogenated alkanes) is 1. The van der Waals surface area contributed by atoms with E-state index in [4.69, 9.17) is 4.74 Å². The second kappa shape index (κ2) is 13.0. The normalized spacial score (nSPS) is 11.6. The minimum absolute atomic E-state index is 0.157. The zero-order chi connectivity index (χ0) is 22.6. The molecule has 2 amide bonds. The van der Waals surface area contributed by atoms with E-state index >= 15 is 0 Å². The van der Waals surface area contributed by atoms with Crippen LogP contribution in [0.15, 0.2) is 48.5 Å². The molecule has 0 spiro atoms. The lowest BCUT2D eigenvalue weighted by Crippen LogP contribution is -2.48. The number of ether oxygens (including phenoxy) is 1. The third-order valence-corrected chi connectivity index (χ3v) is 5.92. The number of carbonyl (C=O) groups excluding carboxylic acids is 2. The lowest BCUT2D eigenvalue weighted by atomic mass is 10.1. The van der Waals surface area contributed by atoms with E-state index in [1.165, 1.54) is 17.8 Å². The highest BCUT2D eigenvalue weighted by Crippen LogP contribution is 2.19. The summed E-state index contributed by atoms with van der Waals surface area (Å²) >= 11 is 1.34. The van der Waals surface area contributed by atoms with Gasteiger partial charge in [-0.25, -0.2) is 4.39 Å². The summed E-state index contributed by atoms with van der Waals surface area (Å²) in [6.45, 7) is 4.70. The van der Waals surface area contributed by atoms with Crippen LogP contribution in [0, 0.1) is 5.82 Å². The fourth-order valence-corrected chi connectivity index (χ4v) is 3.89. The van der Waals surface area contributed by atoms with Gasteiger partial charge in [-0.1, -0.05) is 43.7 Å². The highest BCUT2D eigenvalue weighted by Gasteiger charge is 2.26. The highest BCUT2D eigenvalue weighted by molar-refractivity contribution is 7.99. The van der Waals surface area contributed by atoms with Gasteiger partial charge in [-0.2, -0.15) is 0 Å². The maximum absolute atomic E-state index is 13.8. The number of hydrogen-bond donors (Lipinski definition) is 1. The van der Waals surface area contributed by atoms with Crippen molar-refractivity contribution in [2.45, 2.75) is 45.0 Å². The predicted octanol–water partition coefficient (Wildman–Crippen LogP) is 4.40. The number of hydrogen-bond acceptors (Lipinski definition) is 4. The fourth-order valence-electron chi connectivity index (χ4n) is 2.99. The van der Waals surface area contributed by atoms with Crippen molar-refractivity contribution < 1.29 is 18.7 Å². The molecule has 0 aliphatic rings. The zero-order valence-corrected chi connectivity index (χ0v) is 19.2. The molecule has 7 heteroatoms. The van der Waals surface area contributed by atoms with E-state index in [0.717, 1.165) is 24.2 Å². The van der Waals surface area contributed by atoms with Gasteiger partial charge in [-0.15, -0.1) is 11.8 Å². The Balaban J connectivity index is 2.06. The average molecular weight is 447 g/mol. The number of benzene rings is 2. The van der Waals surface area contributed by atoms with E-state index < -0.39 is 6.04 Å². The molecule has 0 unspecified atom stereocenters. The molecule has 2 aromatic carbocycles. The molecule has 0 aliphatic carbocycles. The minimum Gasteiger partial charge on any atom is -0.497 e. The van der Waals surface area contributed by atoms with Gasteiger partial charge in [-0.05, 0) is 42.7 Å². The first-order valence-corrected chi connectivity index (χ1v) is 11.6. The van der Waals surface area contributed by atoms with Gasteiger partial charge in [0.05, 0.1) is 12.9 Å². The quantitative estimate of drug-likeness (QED) is 0.491. The van der Waals surface area contributed by atoms with E-state index in [1.54, 1.807) is 37.1 Å². The van der Waals surface area contributed by atoms with Crippen molar-refractivity contribution in [1.29, 1.82) is 0 Å². The zero-order valence-electron chi connectivity index (χ0n) is 18.4. The van der Waals surface area contributed by atoms with Crippen molar-refractivity contribution >= 4 is 23.6 Å². The molecule has 0 bridgehead atoms. The summed E-state index contributed by atoms with van der Waals surface area (Å²) < 4.78 is 19.0. The topological polar surface area (TPSA) is 58.6 Å². The number of nitrogens with zero attached hydrogens (tertiary/aromatic N) is 1. The summed E-state index contributed by atoms with van der Waals surface area (Å²) in [7, 11) is 1.60. The van der Waals surface area contributed by atoms with E-state index in [1.807, 2.05) is 24.3 Å². The van der Waals surface area contributed by atoms with Crippen molar-refractivity contribution in [1.82, 2.24) is 10.2 Å². The van der Waals surface area contributed by atoms with Crippen LogP contribution in [0.5, 0.6) is 5.75 Å². The Morgan fingerprint density at radius 2 is 1.87 bits per heavy atom. The molecular weight excluding hydrogens is 415 g/mol. The molecule has 2 rings (SSSR count). The van der Waals surface area contributed by atoms with Crippen LogP contribution >= 0.6 is 11.8 Å². The average Bonchev–Trinajstić information content (AvgIpc) is 2.78. The second-order valence-corrected chi connectivity index (χ2v) is 8.26. The molecule has 0 heterocycles. The second-order valence-electron chi connectivity index (χ2n) is 7.27. The summed E-state index contributed by atoms with van der Waals surface area (Å²) in [5.41, 5.74) is 1.47. The Kier molecular flexibility index (Phi) is 10.4. The van der Waals surface area contributed by atoms with E-state index in [-0.39, 0.29) is 23.4 Å². The largest absolute Gasteiger partial charge is 0.497 e. The van der Waals surface area contributed by atoms with Crippen LogP contribution in [-0.2, 0) is 21.9 Å². The van der Waals surface area contributed by atoms with Crippen LogP contribution in [0.4, 0.5) is 4.39 Å². The van der Waals surface area contributed by atoms with Crippen LogP contribution in [0.3, 0.4) is 0 Å². The summed E-state index contributed by atoms with van der Waals surface area (Å²) in [6.07, 6.45) is 1.87. The third-order valence-electron chi connectivity index (χ3n) is 4.95. The molecule has 31 heavy (non-hydrogen) atoms. The third kappa shape index (κ3) is 7.90.